The third-order valence-electron chi connectivity index (χ3n) is 3.75. The molecular formula is C17H18N2O4S2. The molecule has 2 aromatic carbocycles. The Hall–Kier alpha value is -2.32. The molecule has 2 aromatic rings. The van der Waals surface area contributed by atoms with E-state index in [-0.39, 0.29) is 5.75 Å². The average molecular weight is 378 g/mol. The Labute approximate surface area is 147 Å². The van der Waals surface area contributed by atoms with E-state index in [0.29, 0.717) is 24.3 Å². The number of nitrogens with zero attached hydrogens (tertiary/aromatic N) is 1. The van der Waals surface area contributed by atoms with Crippen molar-refractivity contribution in [1.82, 2.24) is 0 Å². The van der Waals surface area contributed by atoms with Gasteiger partial charge in [0, 0.05) is 12.2 Å². The maximum atomic E-state index is 12.1. The van der Waals surface area contributed by atoms with Crippen LogP contribution in [0.5, 0.6) is 0 Å². The highest BCUT2D eigenvalue weighted by atomic mass is 32.2. The molecule has 132 valence electrons. The van der Waals surface area contributed by atoms with Crippen LogP contribution in [0.2, 0.25) is 0 Å². The summed E-state index contributed by atoms with van der Waals surface area (Å²) in [7, 11) is -6.89. The van der Waals surface area contributed by atoms with Crippen molar-refractivity contribution in [1.29, 1.82) is 0 Å². The summed E-state index contributed by atoms with van der Waals surface area (Å²) in [6, 6.07) is 15.4. The maximum Gasteiger partial charge on any atom is 0.255 e. The Morgan fingerprint density at radius 3 is 2.28 bits per heavy atom. The molecule has 0 atom stereocenters. The van der Waals surface area contributed by atoms with Crippen molar-refractivity contribution in [3.8, 4) is 0 Å². The number of rotatable bonds is 5. The molecule has 1 aliphatic heterocycles. The lowest BCUT2D eigenvalue weighted by Gasteiger charge is -2.17. The summed E-state index contributed by atoms with van der Waals surface area (Å²) in [6.07, 6.45) is 2.11. The number of nitrogens with one attached hydrogen (secondary N) is 1. The van der Waals surface area contributed by atoms with Crippen LogP contribution in [0.15, 0.2) is 60.0 Å². The van der Waals surface area contributed by atoms with E-state index in [0.717, 1.165) is 11.0 Å². The molecule has 0 amide bonds. The second-order valence-corrected chi connectivity index (χ2v) is 9.23. The van der Waals surface area contributed by atoms with Crippen LogP contribution < -0.4 is 9.03 Å². The van der Waals surface area contributed by atoms with Gasteiger partial charge in [0.15, 0.2) is 0 Å². The summed E-state index contributed by atoms with van der Waals surface area (Å²) in [4.78, 5) is 0. The number of anilines is 2. The van der Waals surface area contributed by atoms with E-state index >= 15 is 0 Å². The fourth-order valence-electron chi connectivity index (χ4n) is 2.56. The molecule has 1 N–H and O–H groups in total. The zero-order chi connectivity index (χ0) is 17.9. The van der Waals surface area contributed by atoms with Gasteiger partial charge >= 0.3 is 0 Å². The fourth-order valence-corrected chi connectivity index (χ4v) is 4.99. The molecule has 0 aromatic heterocycles. The van der Waals surface area contributed by atoms with Crippen LogP contribution in [0.25, 0.3) is 6.08 Å². The Morgan fingerprint density at radius 1 is 1.00 bits per heavy atom. The first-order valence-corrected chi connectivity index (χ1v) is 10.9. The molecule has 1 saturated heterocycles. The van der Waals surface area contributed by atoms with Gasteiger partial charge in [-0.3, -0.25) is 9.03 Å². The number of hydrogen-bond donors (Lipinski definition) is 1. The predicted octanol–water partition coefficient (Wildman–Crippen LogP) is 2.64. The van der Waals surface area contributed by atoms with Crippen LogP contribution in [0, 0.1) is 0 Å². The third-order valence-corrected chi connectivity index (χ3v) is 6.64. The van der Waals surface area contributed by atoms with Gasteiger partial charge in [-0.05, 0) is 42.3 Å². The summed E-state index contributed by atoms with van der Waals surface area (Å²) in [5, 5.41) is 1.10. The van der Waals surface area contributed by atoms with Gasteiger partial charge in [0.05, 0.1) is 16.8 Å². The van der Waals surface area contributed by atoms with E-state index in [4.69, 9.17) is 0 Å². The van der Waals surface area contributed by atoms with Crippen LogP contribution >= 0.6 is 0 Å². The smallest absolute Gasteiger partial charge is 0.255 e. The Balaban J connectivity index is 1.72. The molecule has 1 aliphatic rings. The largest absolute Gasteiger partial charge is 0.280 e. The molecule has 25 heavy (non-hydrogen) atoms. The molecule has 0 aliphatic carbocycles. The van der Waals surface area contributed by atoms with Crippen molar-refractivity contribution < 1.29 is 16.8 Å². The minimum atomic E-state index is -3.65. The van der Waals surface area contributed by atoms with E-state index in [9.17, 15) is 16.8 Å². The average Bonchev–Trinajstić information content (AvgIpc) is 2.94. The summed E-state index contributed by atoms with van der Waals surface area (Å²) in [5.41, 5.74) is 1.70. The number of hydrogen-bond acceptors (Lipinski definition) is 4. The minimum absolute atomic E-state index is 0.145. The molecule has 0 radical (unpaired) electrons. The Morgan fingerprint density at radius 2 is 1.68 bits per heavy atom. The van der Waals surface area contributed by atoms with Crippen LogP contribution in [-0.4, -0.2) is 29.1 Å². The zero-order valence-corrected chi connectivity index (χ0v) is 15.0. The molecule has 1 fully saturated rings. The molecule has 0 spiro atoms. The summed E-state index contributed by atoms with van der Waals surface area (Å²) in [6.45, 7) is 0.452. The molecule has 0 saturated carbocycles. The Kier molecular flexibility index (Phi) is 4.82. The second kappa shape index (κ2) is 6.89. The summed E-state index contributed by atoms with van der Waals surface area (Å²) in [5.74, 6) is 0.145. The van der Waals surface area contributed by atoms with E-state index in [1.54, 1.807) is 36.4 Å². The molecule has 0 bridgehead atoms. The quantitative estimate of drug-likeness (QED) is 0.867. The first kappa shape index (κ1) is 17.5. The lowest BCUT2D eigenvalue weighted by atomic mass is 10.2. The van der Waals surface area contributed by atoms with Crippen LogP contribution in [-0.2, 0) is 20.0 Å². The van der Waals surface area contributed by atoms with Crippen molar-refractivity contribution in [3.63, 3.8) is 0 Å². The first-order chi connectivity index (χ1) is 11.9. The van der Waals surface area contributed by atoms with Gasteiger partial charge in [-0.2, -0.15) is 0 Å². The van der Waals surface area contributed by atoms with Gasteiger partial charge in [0.25, 0.3) is 10.0 Å². The van der Waals surface area contributed by atoms with Gasteiger partial charge in [0.2, 0.25) is 10.0 Å². The highest BCUT2D eigenvalue weighted by Gasteiger charge is 2.28. The first-order valence-electron chi connectivity index (χ1n) is 7.72. The highest BCUT2D eigenvalue weighted by molar-refractivity contribution is 7.95. The van der Waals surface area contributed by atoms with Crippen molar-refractivity contribution in [2.75, 3.05) is 21.3 Å². The monoisotopic (exact) mass is 378 g/mol. The van der Waals surface area contributed by atoms with Gasteiger partial charge in [-0.1, -0.05) is 30.3 Å². The standard InChI is InChI=1S/C17H18N2O4S2/c20-24(21,14-11-15-5-2-1-3-6-15)18-16-7-9-17(10-8-16)19-12-4-13-25(19,22)23/h1-3,5-11,14,18H,4,12-13H2. The SMILES string of the molecule is O=S(=O)(C=Cc1ccccc1)Nc1ccc(N2CCCS2(=O)=O)cc1. The number of benzene rings is 2. The van der Waals surface area contributed by atoms with Gasteiger partial charge in [0.1, 0.15) is 0 Å². The molecular weight excluding hydrogens is 360 g/mol. The van der Waals surface area contributed by atoms with Gasteiger partial charge in [-0.15, -0.1) is 0 Å². The van der Waals surface area contributed by atoms with E-state index in [1.165, 1.54) is 10.4 Å². The molecule has 1 heterocycles. The van der Waals surface area contributed by atoms with Gasteiger partial charge in [-0.25, -0.2) is 16.8 Å². The Bertz CT molecular complexity index is 967. The third kappa shape index (κ3) is 4.40. The van der Waals surface area contributed by atoms with E-state index in [1.807, 2.05) is 18.2 Å². The zero-order valence-electron chi connectivity index (χ0n) is 13.4. The van der Waals surface area contributed by atoms with E-state index < -0.39 is 20.0 Å². The van der Waals surface area contributed by atoms with Crippen molar-refractivity contribution in [2.45, 2.75) is 6.42 Å². The lowest BCUT2D eigenvalue weighted by molar-refractivity contribution is 0.599. The second-order valence-electron chi connectivity index (χ2n) is 5.65. The minimum Gasteiger partial charge on any atom is -0.280 e. The topological polar surface area (TPSA) is 83.6 Å². The van der Waals surface area contributed by atoms with Crippen LogP contribution in [0.4, 0.5) is 11.4 Å². The van der Waals surface area contributed by atoms with Crippen LogP contribution in [0.3, 0.4) is 0 Å². The molecule has 3 rings (SSSR count). The molecule has 0 unspecified atom stereocenters. The normalized spacial score (nSPS) is 17.0. The predicted molar refractivity (Wildman–Crippen MR) is 100 cm³/mol. The summed E-state index contributed by atoms with van der Waals surface area (Å²) >= 11 is 0. The fraction of sp³-hybridized carbons (Fsp3) is 0.176. The summed E-state index contributed by atoms with van der Waals surface area (Å²) < 4.78 is 51.8. The maximum absolute atomic E-state index is 12.1. The number of sulfonamides is 2. The van der Waals surface area contributed by atoms with Crippen molar-refractivity contribution in [2.24, 2.45) is 0 Å². The van der Waals surface area contributed by atoms with Crippen LogP contribution in [0.1, 0.15) is 12.0 Å². The van der Waals surface area contributed by atoms with E-state index in [2.05, 4.69) is 4.72 Å². The molecule has 8 heteroatoms. The van der Waals surface area contributed by atoms with Crippen molar-refractivity contribution >= 4 is 37.5 Å². The highest BCUT2D eigenvalue weighted by Crippen LogP contribution is 2.25. The van der Waals surface area contributed by atoms with Gasteiger partial charge < -0.3 is 0 Å². The lowest BCUT2D eigenvalue weighted by Crippen LogP contribution is -2.24. The van der Waals surface area contributed by atoms with Crippen molar-refractivity contribution in [3.05, 3.63) is 65.6 Å². The molecule has 6 nitrogen and oxygen atoms in total.